The van der Waals surface area contributed by atoms with Crippen LogP contribution in [0.15, 0.2) is 241 Å². The van der Waals surface area contributed by atoms with Gasteiger partial charge in [-0.1, -0.05) is 140 Å². The van der Waals surface area contributed by atoms with Crippen LogP contribution in [0.1, 0.15) is 5.69 Å². The van der Waals surface area contributed by atoms with Gasteiger partial charge in [-0.15, -0.1) is 0 Å². The fourth-order valence-corrected chi connectivity index (χ4v) is 10.6. The quantitative estimate of drug-likeness (QED) is 0.105. The van der Waals surface area contributed by atoms with Crippen LogP contribution in [0.3, 0.4) is 0 Å². The van der Waals surface area contributed by atoms with E-state index in [4.69, 9.17) is 9.98 Å². The molecular weight excluding hydrogens is 853 g/mol. The van der Waals surface area contributed by atoms with Crippen LogP contribution in [0.4, 0.5) is 5.69 Å². The minimum absolute atomic E-state index is 0.879. The highest BCUT2D eigenvalue weighted by Crippen LogP contribution is 2.42. The number of benzene rings is 9. The van der Waals surface area contributed by atoms with Crippen molar-refractivity contribution in [1.82, 2.24) is 18.7 Å². The summed E-state index contributed by atoms with van der Waals surface area (Å²) in [4.78, 5) is 13.9. The van der Waals surface area contributed by atoms with Crippen molar-refractivity contribution in [3.05, 3.63) is 236 Å². The molecule has 0 aliphatic heterocycles. The number of pyridine rings is 1. The van der Waals surface area contributed by atoms with Gasteiger partial charge in [0.2, 0.25) is 0 Å². The van der Waals surface area contributed by atoms with Crippen molar-refractivity contribution in [1.29, 1.82) is 0 Å². The third kappa shape index (κ3) is 6.76. The van der Waals surface area contributed by atoms with E-state index in [9.17, 15) is 0 Å². The van der Waals surface area contributed by atoms with Crippen molar-refractivity contribution in [2.75, 3.05) is 0 Å². The summed E-state index contributed by atoms with van der Waals surface area (Å²) in [6.45, 7) is 5.78. The maximum Gasteiger partial charge on any atom is 0.115 e. The summed E-state index contributed by atoms with van der Waals surface area (Å²) in [5, 5.41) is 5.86. The van der Waals surface area contributed by atoms with Crippen LogP contribution >= 0.6 is 0 Å². The van der Waals surface area contributed by atoms with Gasteiger partial charge in [-0.3, -0.25) is 4.99 Å². The zero-order valence-corrected chi connectivity index (χ0v) is 38.4. The molecule has 13 rings (SSSR count). The Bertz CT molecular complexity index is 4140. The van der Waals surface area contributed by atoms with Gasteiger partial charge in [-0.25, -0.2) is 9.98 Å². The van der Waals surface area contributed by atoms with Crippen LogP contribution < -0.4 is 0 Å². The average molecular weight is 897 g/mol. The Labute approximate surface area is 405 Å². The van der Waals surface area contributed by atoms with Gasteiger partial charge in [0.25, 0.3) is 0 Å². The van der Waals surface area contributed by atoms with Crippen LogP contribution in [0, 0.1) is 6.92 Å². The summed E-state index contributed by atoms with van der Waals surface area (Å²) in [5.74, 6) is 0. The number of hydrogen-bond acceptors (Lipinski definition) is 2. The van der Waals surface area contributed by atoms with Crippen LogP contribution in [0.5, 0.6) is 0 Å². The largest absolute Gasteiger partial charge is 0.312 e. The highest BCUT2D eigenvalue weighted by molar-refractivity contribution is 6.13. The minimum atomic E-state index is 0.879. The number of fused-ring (bicyclic) bond motifs is 7. The van der Waals surface area contributed by atoms with Crippen molar-refractivity contribution in [2.45, 2.75) is 6.92 Å². The molecule has 0 saturated carbocycles. The molecule has 0 aliphatic carbocycles. The summed E-state index contributed by atoms with van der Waals surface area (Å²) < 4.78 is 7.05. The maximum absolute atomic E-state index is 5.15. The van der Waals surface area contributed by atoms with E-state index in [-0.39, 0.29) is 0 Å². The highest BCUT2D eigenvalue weighted by atomic mass is 15.0. The molecule has 0 aliphatic rings. The van der Waals surface area contributed by atoms with Gasteiger partial charge in [-0.2, -0.15) is 0 Å². The average Bonchev–Trinajstić information content (AvgIpc) is 4.04. The second-order valence-corrected chi connectivity index (χ2v) is 17.8. The smallest absolute Gasteiger partial charge is 0.115 e. The summed E-state index contributed by atoms with van der Waals surface area (Å²) in [6.07, 6.45) is 1.53. The fraction of sp³-hybridized carbons (Fsp3) is 0.0156. The maximum atomic E-state index is 5.15. The first-order valence-electron chi connectivity index (χ1n) is 23.6. The highest BCUT2D eigenvalue weighted by Gasteiger charge is 2.20. The van der Waals surface area contributed by atoms with Crippen LogP contribution in [-0.4, -0.2) is 31.7 Å². The van der Waals surface area contributed by atoms with E-state index in [2.05, 4.69) is 245 Å². The summed E-state index contributed by atoms with van der Waals surface area (Å²) >= 11 is 0. The Balaban J connectivity index is 0.921. The molecule has 70 heavy (non-hydrogen) atoms. The van der Waals surface area contributed by atoms with Crippen molar-refractivity contribution < 1.29 is 0 Å². The van der Waals surface area contributed by atoms with E-state index >= 15 is 0 Å². The first kappa shape index (κ1) is 40.8. The first-order valence-corrected chi connectivity index (χ1v) is 23.6. The van der Waals surface area contributed by atoms with Crippen molar-refractivity contribution in [2.24, 2.45) is 9.98 Å². The topological polar surface area (TPSA) is 52.4 Å². The van der Waals surface area contributed by atoms with Crippen molar-refractivity contribution in [3.8, 4) is 61.8 Å². The van der Waals surface area contributed by atoms with Gasteiger partial charge in [0, 0.05) is 60.8 Å². The number of aromatic nitrogens is 4. The van der Waals surface area contributed by atoms with Gasteiger partial charge in [0.1, 0.15) is 6.34 Å². The first-order chi connectivity index (χ1) is 34.6. The SMILES string of the molecule is C=N/C=N\c1c(C)n(-c2ccccc2)c2ccc(-n3c4ccccc4c4cc(-c5ccc6c(c5)c5ccccc5n6-c5cccc(-c6cc(-c7ccccc7)nc(-c7ccccc7)c6)c5)ccc43)cc12. The Hall–Kier alpha value is -9.39. The molecule has 0 unspecified atom stereocenters. The monoisotopic (exact) mass is 896 g/mol. The Kier molecular flexibility index (Phi) is 9.77. The molecule has 0 radical (unpaired) electrons. The predicted octanol–water partition coefficient (Wildman–Crippen LogP) is 16.6. The van der Waals surface area contributed by atoms with E-state index in [0.29, 0.717) is 0 Å². The molecule has 6 nitrogen and oxygen atoms in total. The van der Waals surface area contributed by atoms with Crippen molar-refractivity contribution in [3.63, 3.8) is 0 Å². The molecule has 9 aromatic carbocycles. The van der Waals surface area contributed by atoms with Crippen LogP contribution in [0.2, 0.25) is 0 Å². The lowest BCUT2D eigenvalue weighted by atomic mass is 9.99. The number of aliphatic imine (C=N–C) groups is 2. The molecule has 330 valence electrons. The second kappa shape index (κ2) is 16.7. The molecule has 0 amide bonds. The minimum Gasteiger partial charge on any atom is -0.312 e. The molecule has 6 heteroatoms. The molecule has 13 aromatic rings. The van der Waals surface area contributed by atoms with Crippen LogP contribution in [0.25, 0.3) is 116 Å². The molecule has 4 heterocycles. The zero-order valence-electron chi connectivity index (χ0n) is 38.4. The molecule has 0 atom stereocenters. The van der Waals surface area contributed by atoms with Gasteiger partial charge in [0.05, 0.1) is 44.7 Å². The molecular formula is C64H44N6. The van der Waals surface area contributed by atoms with E-state index < -0.39 is 0 Å². The third-order valence-corrected chi connectivity index (χ3v) is 13.8. The molecule has 0 saturated heterocycles. The van der Waals surface area contributed by atoms with Crippen LogP contribution in [-0.2, 0) is 0 Å². The summed E-state index contributed by atoms with van der Waals surface area (Å²) in [6, 6.07) is 82.7. The normalized spacial score (nSPS) is 11.8. The molecule has 0 fully saturated rings. The number of para-hydroxylation sites is 3. The van der Waals surface area contributed by atoms with Gasteiger partial charge in [0.15, 0.2) is 0 Å². The standard InChI is InChI=1S/C64H44N6/c1-42-64(66-41-65-2)56-40-51(31-34-63(56)68(42)49-22-10-5-11-23-49)70-60-28-15-13-26-53(60)55-37-47(30-33-62(55)70)46-29-32-61-54(36-46)52-25-12-14-27-59(52)69(61)50-24-16-21-45(35-50)48-38-57(43-17-6-3-7-18-43)67-58(39-48)44-19-8-4-9-20-44/h3-41H,2H2,1H3/b66-41-. The Morgan fingerprint density at radius 1 is 0.357 bits per heavy atom. The Morgan fingerprint density at radius 3 is 1.40 bits per heavy atom. The van der Waals surface area contributed by atoms with Gasteiger partial charge in [-0.05, 0) is 127 Å². The molecule has 4 aromatic heterocycles. The third-order valence-electron chi connectivity index (χ3n) is 13.8. The molecule has 0 N–H and O–H groups in total. The lowest BCUT2D eigenvalue weighted by Gasteiger charge is -2.13. The predicted molar refractivity (Wildman–Crippen MR) is 294 cm³/mol. The summed E-state index contributed by atoms with van der Waals surface area (Å²) in [7, 11) is 0. The Morgan fingerprint density at radius 2 is 0.814 bits per heavy atom. The van der Waals surface area contributed by atoms with E-state index in [1.165, 1.54) is 33.4 Å². The number of hydrogen-bond donors (Lipinski definition) is 0. The summed E-state index contributed by atoms with van der Waals surface area (Å²) in [5.41, 5.74) is 19.5. The number of rotatable bonds is 9. The molecule has 0 spiro atoms. The zero-order chi connectivity index (χ0) is 46.7. The lowest BCUT2D eigenvalue weighted by molar-refractivity contribution is 1.05. The van der Waals surface area contributed by atoms with Gasteiger partial charge < -0.3 is 13.7 Å². The van der Waals surface area contributed by atoms with Crippen molar-refractivity contribution >= 4 is 73.3 Å². The fourth-order valence-electron chi connectivity index (χ4n) is 10.6. The number of nitrogens with zero attached hydrogens (tertiary/aromatic N) is 6. The van der Waals surface area contributed by atoms with E-state index in [1.807, 2.05) is 18.2 Å². The lowest BCUT2D eigenvalue weighted by Crippen LogP contribution is -1.97. The molecule has 0 bridgehead atoms. The second-order valence-electron chi connectivity index (χ2n) is 17.8. The van der Waals surface area contributed by atoms with Gasteiger partial charge >= 0.3 is 0 Å². The van der Waals surface area contributed by atoms with E-state index in [1.54, 1.807) is 0 Å². The van der Waals surface area contributed by atoms with E-state index in [0.717, 1.165) is 101 Å².